The summed E-state index contributed by atoms with van der Waals surface area (Å²) in [6.45, 7) is 3.39. The number of likely N-dealkylation sites (tertiary alicyclic amines) is 1. The Morgan fingerprint density at radius 2 is 1.69 bits per heavy atom. The molecule has 7 heteroatoms. The van der Waals surface area contributed by atoms with E-state index in [-0.39, 0.29) is 23.3 Å². The molecule has 3 heterocycles. The zero-order valence-corrected chi connectivity index (χ0v) is 24.1. The van der Waals surface area contributed by atoms with E-state index in [4.69, 9.17) is 0 Å². The molecule has 6 nitrogen and oxygen atoms in total. The molecule has 2 atom stereocenters. The number of carbonyl (C=O) groups is 2. The molecular formula is C32H38N4O2S. The molecule has 1 aliphatic heterocycles. The average Bonchev–Trinajstić information content (AvgIpc) is 3.61. The van der Waals surface area contributed by atoms with Gasteiger partial charge in [-0.3, -0.25) is 14.5 Å². The molecule has 2 amide bonds. The molecule has 0 bridgehead atoms. The number of fused-ring (bicyclic) bond motifs is 1. The smallest absolute Gasteiger partial charge is 0.249 e. The van der Waals surface area contributed by atoms with Crippen molar-refractivity contribution in [1.82, 2.24) is 19.7 Å². The van der Waals surface area contributed by atoms with Crippen LogP contribution < -0.4 is 5.32 Å². The van der Waals surface area contributed by atoms with Gasteiger partial charge in [0.15, 0.2) is 0 Å². The van der Waals surface area contributed by atoms with E-state index in [1.54, 1.807) is 11.3 Å². The highest BCUT2D eigenvalue weighted by molar-refractivity contribution is 7.10. The monoisotopic (exact) mass is 542 g/mol. The summed E-state index contributed by atoms with van der Waals surface area (Å²) in [4.78, 5) is 32.9. The number of thiophene rings is 1. The molecule has 5 rings (SSSR count). The standard InChI is InChI=1S/C32H38N4O2S/c1-23(26-22-35(4)27-14-9-8-13-25(26)27)21-29(37)33-30(24-11-6-5-7-12-24)31(38)36-18-16-32(17-19-36,34(2)3)28-15-10-20-39-28/h5-15,20,22-23,30H,16-19,21H2,1-4H3,(H,33,37). The summed E-state index contributed by atoms with van der Waals surface area (Å²) in [6.07, 6.45) is 4.15. The van der Waals surface area contributed by atoms with Crippen LogP contribution in [0.5, 0.6) is 0 Å². The van der Waals surface area contributed by atoms with Crippen LogP contribution in [0.25, 0.3) is 10.9 Å². The van der Waals surface area contributed by atoms with Gasteiger partial charge in [-0.2, -0.15) is 0 Å². The van der Waals surface area contributed by atoms with Crippen LogP contribution in [0.4, 0.5) is 0 Å². The topological polar surface area (TPSA) is 57.6 Å². The molecule has 2 aromatic heterocycles. The van der Waals surface area contributed by atoms with E-state index < -0.39 is 6.04 Å². The summed E-state index contributed by atoms with van der Waals surface area (Å²) in [5.74, 6) is -0.133. The summed E-state index contributed by atoms with van der Waals surface area (Å²) >= 11 is 1.78. The molecular weight excluding hydrogens is 504 g/mol. The largest absolute Gasteiger partial charge is 0.350 e. The average molecular weight is 543 g/mol. The van der Waals surface area contributed by atoms with Gasteiger partial charge < -0.3 is 14.8 Å². The maximum absolute atomic E-state index is 13.9. The van der Waals surface area contributed by atoms with E-state index in [0.29, 0.717) is 19.5 Å². The fourth-order valence-electron chi connectivity index (χ4n) is 6.04. The number of hydrogen-bond acceptors (Lipinski definition) is 4. The molecule has 0 saturated carbocycles. The number of nitrogens with one attached hydrogen (secondary N) is 1. The van der Waals surface area contributed by atoms with Crippen LogP contribution in [0.1, 0.15) is 54.1 Å². The molecule has 1 aliphatic rings. The SMILES string of the molecule is CC(CC(=O)NC(C(=O)N1CCC(c2cccs2)(N(C)C)CC1)c1ccccc1)c1cn(C)c2ccccc12. The second-order valence-electron chi connectivity index (χ2n) is 11.0. The fourth-order valence-corrected chi connectivity index (χ4v) is 7.11. The van der Waals surface area contributed by atoms with E-state index in [9.17, 15) is 9.59 Å². The number of carbonyl (C=O) groups excluding carboxylic acids is 2. The number of piperidine rings is 1. The minimum absolute atomic E-state index is 0.0177. The second kappa shape index (κ2) is 11.4. The first-order chi connectivity index (χ1) is 18.8. The molecule has 2 aromatic carbocycles. The highest BCUT2D eigenvalue weighted by atomic mass is 32.1. The Kier molecular flexibility index (Phi) is 7.91. The first-order valence-corrected chi connectivity index (χ1v) is 14.6. The molecule has 0 aliphatic carbocycles. The van der Waals surface area contributed by atoms with Crippen LogP contribution in [0.15, 0.2) is 78.3 Å². The molecule has 1 N–H and O–H groups in total. The van der Waals surface area contributed by atoms with Crippen molar-refractivity contribution < 1.29 is 9.59 Å². The van der Waals surface area contributed by atoms with Gasteiger partial charge in [0.2, 0.25) is 11.8 Å². The number of benzene rings is 2. The Balaban J connectivity index is 1.31. The predicted octanol–water partition coefficient (Wildman–Crippen LogP) is 5.67. The normalized spacial score (nSPS) is 16.8. The van der Waals surface area contributed by atoms with Crippen molar-refractivity contribution in [2.24, 2.45) is 7.05 Å². The van der Waals surface area contributed by atoms with E-state index >= 15 is 0 Å². The van der Waals surface area contributed by atoms with E-state index in [2.05, 4.69) is 71.6 Å². The van der Waals surface area contributed by atoms with Gasteiger partial charge >= 0.3 is 0 Å². The predicted molar refractivity (Wildman–Crippen MR) is 159 cm³/mol. The van der Waals surface area contributed by atoms with Crippen LogP contribution in [0.3, 0.4) is 0 Å². The lowest BCUT2D eigenvalue weighted by Crippen LogP contribution is -2.53. The summed E-state index contributed by atoms with van der Waals surface area (Å²) in [5.41, 5.74) is 3.05. The fraction of sp³-hybridized carbons (Fsp3) is 0.375. The lowest BCUT2D eigenvalue weighted by Gasteiger charge is -2.46. The van der Waals surface area contributed by atoms with Crippen molar-refractivity contribution in [3.63, 3.8) is 0 Å². The molecule has 2 unspecified atom stereocenters. The third kappa shape index (κ3) is 5.38. The Bertz CT molecular complexity index is 1420. The number of hydrogen-bond donors (Lipinski definition) is 1. The molecule has 39 heavy (non-hydrogen) atoms. The van der Waals surface area contributed by atoms with E-state index in [0.717, 1.165) is 29.5 Å². The molecule has 0 radical (unpaired) electrons. The molecule has 4 aromatic rings. The summed E-state index contributed by atoms with van der Waals surface area (Å²) in [7, 11) is 6.29. The van der Waals surface area contributed by atoms with Gasteiger partial charge in [0.1, 0.15) is 6.04 Å². The minimum atomic E-state index is -0.702. The van der Waals surface area contributed by atoms with Gasteiger partial charge in [0, 0.05) is 48.5 Å². The number of para-hydroxylation sites is 1. The maximum atomic E-state index is 13.9. The molecule has 1 saturated heterocycles. The van der Waals surface area contributed by atoms with Gasteiger partial charge in [0.25, 0.3) is 0 Å². The zero-order valence-electron chi connectivity index (χ0n) is 23.3. The first-order valence-electron chi connectivity index (χ1n) is 13.7. The van der Waals surface area contributed by atoms with Gasteiger partial charge in [0.05, 0.1) is 5.54 Å². The van der Waals surface area contributed by atoms with Crippen molar-refractivity contribution in [1.29, 1.82) is 0 Å². The number of rotatable bonds is 8. The van der Waals surface area contributed by atoms with Crippen molar-refractivity contribution in [3.05, 3.63) is 94.3 Å². The van der Waals surface area contributed by atoms with Crippen molar-refractivity contribution in [2.75, 3.05) is 27.2 Å². The third-order valence-electron chi connectivity index (χ3n) is 8.37. The summed E-state index contributed by atoms with van der Waals surface area (Å²) < 4.78 is 2.11. The number of aryl methyl sites for hydroxylation is 1. The molecule has 1 fully saturated rings. The number of aromatic nitrogens is 1. The van der Waals surface area contributed by atoms with Crippen molar-refractivity contribution >= 4 is 34.1 Å². The van der Waals surface area contributed by atoms with Crippen LogP contribution in [0.2, 0.25) is 0 Å². The Hall–Kier alpha value is -3.42. The summed E-state index contributed by atoms with van der Waals surface area (Å²) in [6, 6.07) is 21.5. The lowest BCUT2D eigenvalue weighted by atomic mass is 9.84. The molecule has 204 valence electrons. The minimum Gasteiger partial charge on any atom is -0.350 e. The van der Waals surface area contributed by atoms with Crippen molar-refractivity contribution in [2.45, 2.75) is 43.7 Å². The first kappa shape index (κ1) is 27.2. The molecule has 0 spiro atoms. The van der Waals surface area contributed by atoms with E-state index in [1.807, 2.05) is 54.4 Å². The lowest BCUT2D eigenvalue weighted by molar-refractivity contribution is -0.139. The Labute approximate surface area is 235 Å². The van der Waals surface area contributed by atoms with Crippen LogP contribution in [0, 0.1) is 0 Å². The van der Waals surface area contributed by atoms with Crippen LogP contribution in [-0.2, 0) is 22.2 Å². The quantitative estimate of drug-likeness (QED) is 0.312. The maximum Gasteiger partial charge on any atom is 0.249 e. The highest BCUT2D eigenvalue weighted by Gasteiger charge is 2.41. The van der Waals surface area contributed by atoms with Crippen LogP contribution >= 0.6 is 11.3 Å². The van der Waals surface area contributed by atoms with Gasteiger partial charge in [-0.15, -0.1) is 11.3 Å². The van der Waals surface area contributed by atoms with Gasteiger partial charge in [-0.05, 0) is 61.5 Å². The zero-order chi connectivity index (χ0) is 27.6. The Morgan fingerprint density at radius 3 is 2.36 bits per heavy atom. The summed E-state index contributed by atoms with van der Waals surface area (Å²) in [5, 5.41) is 6.40. The number of amides is 2. The van der Waals surface area contributed by atoms with Gasteiger partial charge in [-0.1, -0.05) is 61.5 Å². The number of nitrogens with zero attached hydrogens (tertiary/aromatic N) is 3. The van der Waals surface area contributed by atoms with E-state index in [1.165, 1.54) is 10.3 Å². The van der Waals surface area contributed by atoms with Crippen molar-refractivity contribution in [3.8, 4) is 0 Å². The third-order valence-corrected chi connectivity index (χ3v) is 9.44. The second-order valence-corrected chi connectivity index (χ2v) is 11.9. The van der Waals surface area contributed by atoms with Crippen LogP contribution in [-0.4, -0.2) is 53.4 Å². The highest BCUT2D eigenvalue weighted by Crippen LogP contribution is 2.40. The van der Waals surface area contributed by atoms with Gasteiger partial charge in [-0.25, -0.2) is 0 Å². The Morgan fingerprint density at radius 1 is 1.00 bits per heavy atom.